The van der Waals surface area contributed by atoms with Gasteiger partial charge in [0.05, 0.1) is 0 Å². The molecule has 0 saturated heterocycles. The molecule has 0 saturated carbocycles. The first-order valence-corrected chi connectivity index (χ1v) is 3.13. The third-order valence-electron chi connectivity index (χ3n) is 1.21. The molecule has 0 amide bonds. The number of nitrogens with zero attached hydrogens (tertiary/aromatic N) is 3. The molecule has 0 aromatic carbocycles. The Morgan fingerprint density at radius 1 is 1.40 bits per heavy atom. The van der Waals surface area contributed by atoms with Crippen LogP contribution >= 0.6 is 0 Å². The van der Waals surface area contributed by atoms with Gasteiger partial charge in [0, 0.05) is 6.54 Å². The van der Waals surface area contributed by atoms with Gasteiger partial charge in [-0.15, -0.1) is 0 Å². The first-order valence-electron chi connectivity index (χ1n) is 3.13. The van der Waals surface area contributed by atoms with Gasteiger partial charge in [0.2, 0.25) is 0 Å². The second-order valence-electron chi connectivity index (χ2n) is 2.53. The van der Waals surface area contributed by atoms with Crippen LogP contribution in [0.5, 0.6) is 0 Å². The second kappa shape index (κ2) is 2.79. The molecule has 0 aliphatic heterocycles. The van der Waals surface area contributed by atoms with E-state index in [1.54, 1.807) is 0 Å². The molecular formula is C6H11N3O. The average molecular weight is 141 g/mol. The number of hydrogen-bond acceptors (Lipinski definition) is 4. The molecule has 0 spiro atoms. The molecule has 1 aromatic rings. The van der Waals surface area contributed by atoms with E-state index in [0.29, 0.717) is 0 Å². The molecule has 1 heterocycles. The largest absolute Gasteiger partial charge is 0.303 e. The smallest absolute Gasteiger partial charge is 0.122 e. The quantitative estimate of drug-likeness (QED) is 0.599. The number of aromatic nitrogens is 2. The predicted octanol–water partition coefficient (Wildman–Crippen LogP) is 0.440. The van der Waals surface area contributed by atoms with E-state index in [4.69, 9.17) is 0 Å². The zero-order valence-electron chi connectivity index (χ0n) is 6.46. The minimum Gasteiger partial charge on any atom is -0.303 e. The highest BCUT2D eigenvalue weighted by atomic mass is 16.6. The average Bonchev–Trinajstić information content (AvgIpc) is 2.15. The van der Waals surface area contributed by atoms with Crippen molar-refractivity contribution in [3.05, 3.63) is 11.4 Å². The van der Waals surface area contributed by atoms with Gasteiger partial charge in [0.1, 0.15) is 11.4 Å². The molecule has 10 heavy (non-hydrogen) atoms. The van der Waals surface area contributed by atoms with Crippen LogP contribution in [0.2, 0.25) is 0 Å². The van der Waals surface area contributed by atoms with Crippen molar-refractivity contribution in [1.82, 2.24) is 15.2 Å². The molecule has 1 rings (SSSR count). The summed E-state index contributed by atoms with van der Waals surface area (Å²) < 4.78 is 4.52. The molecule has 0 bridgehead atoms. The lowest BCUT2D eigenvalue weighted by molar-refractivity contribution is 0.293. The summed E-state index contributed by atoms with van der Waals surface area (Å²) in [6.45, 7) is 2.67. The number of aryl methyl sites for hydroxylation is 1. The zero-order valence-corrected chi connectivity index (χ0v) is 6.46. The Balaban J connectivity index is 2.65. The highest BCUT2D eigenvalue weighted by molar-refractivity contribution is 5.03. The fourth-order valence-corrected chi connectivity index (χ4v) is 0.692. The van der Waals surface area contributed by atoms with E-state index in [2.05, 4.69) is 14.9 Å². The highest BCUT2D eigenvalue weighted by Crippen LogP contribution is 2.01. The lowest BCUT2D eigenvalue weighted by Crippen LogP contribution is -2.11. The maximum absolute atomic E-state index is 4.52. The SMILES string of the molecule is Cc1nonc1CN(C)C. The molecule has 0 aliphatic rings. The Hall–Kier alpha value is -0.900. The number of hydrogen-bond donors (Lipinski definition) is 0. The minimum absolute atomic E-state index is 0.787. The lowest BCUT2D eigenvalue weighted by atomic mass is 10.3. The molecule has 4 nitrogen and oxygen atoms in total. The van der Waals surface area contributed by atoms with Crippen molar-refractivity contribution >= 4 is 0 Å². The Morgan fingerprint density at radius 3 is 2.50 bits per heavy atom. The van der Waals surface area contributed by atoms with Gasteiger partial charge in [-0.05, 0) is 21.0 Å². The monoisotopic (exact) mass is 141 g/mol. The summed E-state index contributed by atoms with van der Waals surface area (Å²) in [7, 11) is 3.96. The van der Waals surface area contributed by atoms with E-state index in [1.165, 1.54) is 0 Å². The summed E-state index contributed by atoms with van der Waals surface area (Å²) >= 11 is 0. The van der Waals surface area contributed by atoms with Gasteiger partial charge in [-0.1, -0.05) is 10.3 Å². The third kappa shape index (κ3) is 1.54. The molecule has 0 radical (unpaired) electrons. The highest BCUT2D eigenvalue weighted by Gasteiger charge is 2.04. The van der Waals surface area contributed by atoms with E-state index in [0.717, 1.165) is 17.9 Å². The van der Waals surface area contributed by atoms with Crippen molar-refractivity contribution in [1.29, 1.82) is 0 Å². The first-order chi connectivity index (χ1) is 4.70. The van der Waals surface area contributed by atoms with Crippen molar-refractivity contribution in [2.75, 3.05) is 14.1 Å². The van der Waals surface area contributed by atoms with Gasteiger partial charge in [0.25, 0.3) is 0 Å². The van der Waals surface area contributed by atoms with E-state index < -0.39 is 0 Å². The fraction of sp³-hybridized carbons (Fsp3) is 0.667. The second-order valence-corrected chi connectivity index (χ2v) is 2.53. The first kappa shape index (κ1) is 7.21. The summed E-state index contributed by atoms with van der Waals surface area (Å²) in [6, 6.07) is 0. The van der Waals surface area contributed by atoms with Gasteiger partial charge in [-0.2, -0.15) is 0 Å². The molecule has 4 heteroatoms. The lowest BCUT2D eigenvalue weighted by Gasteiger charge is -2.04. The van der Waals surface area contributed by atoms with Crippen molar-refractivity contribution in [3.63, 3.8) is 0 Å². The van der Waals surface area contributed by atoms with Gasteiger partial charge in [-0.25, -0.2) is 4.63 Å². The predicted molar refractivity (Wildman–Crippen MR) is 36.4 cm³/mol. The Bertz CT molecular complexity index is 207. The van der Waals surface area contributed by atoms with Crippen LogP contribution in [0.15, 0.2) is 4.63 Å². The molecular weight excluding hydrogens is 130 g/mol. The molecule has 0 unspecified atom stereocenters. The van der Waals surface area contributed by atoms with Crippen LogP contribution in [0, 0.1) is 6.92 Å². The van der Waals surface area contributed by atoms with E-state index in [1.807, 2.05) is 25.9 Å². The van der Waals surface area contributed by atoms with Crippen molar-refractivity contribution < 1.29 is 4.63 Å². The van der Waals surface area contributed by atoms with E-state index in [9.17, 15) is 0 Å². The number of rotatable bonds is 2. The maximum Gasteiger partial charge on any atom is 0.122 e. The van der Waals surface area contributed by atoms with Crippen molar-refractivity contribution in [2.24, 2.45) is 0 Å². The van der Waals surface area contributed by atoms with Crippen LogP contribution in [0.1, 0.15) is 11.4 Å². The summed E-state index contributed by atoms with van der Waals surface area (Å²) in [5.74, 6) is 0. The third-order valence-corrected chi connectivity index (χ3v) is 1.21. The molecule has 0 aliphatic carbocycles. The van der Waals surface area contributed by atoms with Crippen molar-refractivity contribution in [2.45, 2.75) is 13.5 Å². The van der Waals surface area contributed by atoms with Crippen LogP contribution in [0.25, 0.3) is 0 Å². The molecule has 0 N–H and O–H groups in total. The van der Waals surface area contributed by atoms with Gasteiger partial charge in [-0.3, -0.25) is 0 Å². The summed E-state index contributed by atoms with van der Waals surface area (Å²) in [4.78, 5) is 2.02. The van der Waals surface area contributed by atoms with Gasteiger partial charge >= 0.3 is 0 Å². The van der Waals surface area contributed by atoms with Crippen LogP contribution in [-0.4, -0.2) is 29.3 Å². The molecule has 0 fully saturated rings. The van der Waals surface area contributed by atoms with Crippen LogP contribution in [0.3, 0.4) is 0 Å². The summed E-state index contributed by atoms with van der Waals surface area (Å²) in [5.41, 5.74) is 1.78. The maximum atomic E-state index is 4.52. The Morgan fingerprint density at radius 2 is 2.10 bits per heavy atom. The topological polar surface area (TPSA) is 42.2 Å². The zero-order chi connectivity index (χ0) is 7.56. The minimum atomic E-state index is 0.787. The van der Waals surface area contributed by atoms with Crippen molar-refractivity contribution in [3.8, 4) is 0 Å². The Kier molecular flexibility index (Phi) is 2.01. The molecule has 56 valence electrons. The summed E-state index contributed by atoms with van der Waals surface area (Å²) in [6.07, 6.45) is 0. The van der Waals surface area contributed by atoms with Crippen LogP contribution < -0.4 is 0 Å². The Labute approximate surface area is 59.8 Å². The van der Waals surface area contributed by atoms with Gasteiger partial charge < -0.3 is 4.90 Å². The van der Waals surface area contributed by atoms with Gasteiger partial charge in [0.15, 0.2) is 0 Å². The fourth-order valence-electron chi connectivity index (χ4n) is 0.692. The molecule has 0 atom stereocenters. The molecule has 1 aromatic heterocycles. The van der Waals surface area contributed by atoms with E-state index in [-0.39, 0.29) is 0 Å². The standard InChI is InChI=1S/C6H11N3O/c1-5-6(4-9(2)3)8-10-7-5/h4H2,1-3H3. The normalized spacial score (nSPS) is 10.8. The van der Waals surface area contributed by atoms with E-state index >= 15 is 0 Å². The van der Waals surface area contributed by atoms with Crippen LogP contribution in [0.4, 0.5) is 0 Å². The van der Waals surface area contributed by atoms with Crippen LogP contribution in [-0.2, 0) is 6.54 Å². The summed E-state index contributed by atoms with van der Waals surface area (Å²) in [5, 5.41) is 7.39.